The van der Waals surface area contributed by atoms with Gasteiger partial charge in [-0.05, 0) is 49.9 Å². The number of hydrogen-bond acceptors (Lipinski definition) is 5. The van der Waals surface area contributed by atoms with E-state index in [1.807, 2.05) is 0 Å². The second-order valence-corrected chi connectivity index (χ2v) is 7.07. The van der Waals surface area contributed by atoms with E-state index in [0.717, 1.165) is 25.9 Å². The maximum atomic E-state index is 12.5. The summed E-state index contributed by atoms with van der Waals surface area (Å²) in [5, 5.41) is 2.82. The van der Waals surface area contributed by atoms with Crippen LogP contribution in [-0.2, 0) is 11.3 Å². The van der Waals surface area contributed by atoms with Crippen molar-refractivity contribution in [1.82, 2.24) is 9.55 Å². The quantitative estimate of drug-likeness (QED) is 0.875. The lowest BCUT2D eigenvalue weighted by Crippen LogP contribution is -2.39. The molecule has 1 saturated heterocycles. The van der Waals surface area contributed by atoms with Gasteiger partial charge in [-0.3, -0.25) is 14.2 Å². The highest BCUT2D eigenvalue weighted by molar-refractivity contribution is 5.90. The van der Waals surface area contributed by atoms with Gasteiger partial charge in [0.05, 0.1) is 7.11 Å². The molecule has 7 heteroatoms. The molecule has 1 aliphatic rings. The maximum absolute atomic E-state index is 12.5. The zero-order chi connectivity index (χ0) is 19.4. The van der Waals surface area contributed by atoms with Crippen LogP contribution in [0.2, 0.25) is 0 Å². The average Bonchev–Trinajstić information content (AvgIpc) is 2.65. The number of carbonyl (C=O) groups excluding carboxylic acids is 1. The predicted octanol–water partition coefficient (Wildman–Crippen LogP) is 2.44. The average molecular weight is 370 g/mol. The Bertz CT molecular complexity index is 853. The van der Waals surface area contributed by atoms with Gasteiger partial charge in [-0.25, -0.2) is 4.98 Å². The maximum Gasteiger partial charge on any atom is 0.255 e. The van der Waals surface area contributed by atoms with Crippen molar-refractivity contribution >= 4 is 17.5 Å². The Labute approximate surface area is 159 Å². The third-order valence-corrected chi connectivity index (χ3v) is 4.86. The van der Waals surface area contributed by atoms with Gasteiger partial charge in [0.1, 0.15) is 12.3 Å². The zero-order valence-electron chi connectivity index (χ0n) is 16.1. The topological polar surface area (TPSA) is 76.5 Å². The number of aromatic nitrogens is 2. The normalized spacial score (nSPS) is 14.9. The molecule has 7 nitrogen and oxygen atoms in total. The molecule has 144 valence electrons. The molecule has 0 atom stereocenters. The zero-order valence-corrected chi connectivity index (χ0v) is 16.1. The Balaban J connectivity index is 1.78. The molecule has 3 rings (SSSR count). The van der Waals surface area contributed by atoms with E-state index < -0.39 is 0 Å². The van der Waals surface area contributed by atoms with Crippen LogP contribution in [0.25, 0.3) is 0 Å². The van der Waals surface area contributed by atoms with Crippen LogP contribution in [0.15, 0.2) is 35.1 Å². The third kappa shape index (κ3) is 4.67. The van der Waals surface area contributed by atoms with Gasteiger partial charge >= 0.3 is 0 Å². The molecule has 1 aromatic carbocycles. The number of methoxy groups -OCH3 is 1. The fraction of sp³-hybridized carbons (Fsp3) is 0.450. The smallest absolute Gasteiger partial charge is 0.255 e. The minimum Gasteiger partial charge on any atom is -0.497 e. The minimum absolute atomic E-state index is 0.0699. The molecular formula is C20H26N4O3. The van der Waals surface area contributed by atoms with Crippen LogP contribution in [0.3, 0.4) is 0 Å². The largest absolute Gasteiger partial charge is 0.497 e. The number of carbonyl (C=O) groups is 1. The number of benzene rings is 1. The number of amides is 1. The molecule has 0 bridgehead atoms. The summed E-state index contributed by atoms with van der Waals surface area (Å²) < 4.78 is 6.58. The number of ether oxygens (including phenoxy) is 1. The molecule has 0 unspecified atom stereocenters. The number of hydrogen-bond donors (Lipinski definition) is 1. The number of rotatable bonds is 5. The lowest BCUT2D eigenvalue weighted by atomic mass is 10.00. The van der Waals surface area contributed by atoms with Gasteiger partial charge in [-0.15, -0.1) is 0 Å². The van der Waals surface area contributed by atoms with Crippen molar-refractivity contribution in [2.24, 2.45) is 5.92 Å². The molecule has 0 saturated carbocycles. The summed E-state index contributed by atoms with van der Waals surface area (Å²) in [5.41, 5.74) is 1.11. The van der Waals surface area contributed by atoms with E-state index in [9.17, 15) is 9.59 Å². The monoisotopic (exact) mass is 370 g/mol. The molecule has 1 amide bonds. The fourth-order valence-corrected chi connectivity index (χ4v) is 3.22. The van der Waals surface area contributed by atoms with E-state index in [4.69, 9.17) is 4.74 Å². The Kier molecular flexibility index (Phi) is 5.78. The van der Waals surface area contributed by atoms with E-state index in [1.54, 1.807) is 38.3 Å². The molecule has 0 radical (unpaired) electrons. The van der Waals surface area contributed by atoms with Crippen molar-refractivity contribution < 1.29 is 9.53 Å². The van der Waals surface area contributed by atoms with Crippen LogP contribution in [0.1, 0.15) is 25.5 Å². The van der Waals surface area contributed by atoms with E-state index in [2.05, 4.69) is 22.1 Å². The van der Waals surface area contributed by atoms with Crippen LogP contribution < -0.4 is 20.5 Å². The lowest BCUT2D eigenvalue weighted by Gasteiger charge is -2.32. The predicted molar refractivity (Wildman–Crippen MR) is 105 cm³/mol. The van der Waals surface area contributed by atoms with Gasteiger partial charge in [0, 0.05) is 30.5 Å². The molecule has 0 spiro atoms. The van der Waals surface area contributed by atoms with Crippen molar-refractivity contribution in [2.75, 3.05) is 30.4 Å². The second-order valence-electron chi connectivity index (χ2n) is 7.07. The van der Waals surface area contributed by atoms with Crippen LogP contribution in [0.5, 0.6) is 5.75 Å². The van der Waals surface area contributed by atoms with Crippen molar-refractivity contribution in [2.45, 2.75) is 33.2 Å². The highest BCUT2D eigenvalue weighted by atomic mass is 16.5. The summed E-state index contributed by atoms with van der Waals surface area (Å²) in [6.45, 7) is 5.66. The molecule has 1 fully saturated rings. The van der Waals surface area contributed by atoms with Crippen LogP contribution in [0.4, 0.5) is 11.6 Å². The first kappa shape index (κ1) is 18.9. The van der Waals surface area contributed by atoms with Gasteiger partial charge in [0.2, 0.25) is 11.9 Å². The van der Waals surface area contributed by atoms with E-state index in [1.165, 1.54) is 10.6 Å². The Morgan fingerprint density at radius 3 is 2.56 bits per heavy atom. The number of piperidine rings is 1. The molecular weight excluding hydrogens is 344 g/mol. The van der Waals surface area contributed by atoms with E-state index in [-0.39, 0.29) is 18.0 Å². The molecule has 1 aromatic heterocycles. The summed E-state index contributed by atoms with van der Waals surface area (Å²) >= 11 is 0. The molecule has 0 aliphatic carbocycles. The van der Waals surface area contributed by atoms with Crippen LogP contribution >= 0.6 is 0 Å². The van der Waals surface area contributed by atoms with Crippen molar-refractivity contribution in [3.63, 3.8) is 0 Å². The number of aryl methyl sites for hydroxylation is 1. The molecule has 2 heterocycles. The molecule has 2 aromatic rings. The minimum atomic E-state index is -0.264. The van der Waals surface area contributed by atoms with Crippen molar-refractivity contribution in [1.29, 1.82) is 0 Å². The Hall–Kier alpha value is -2.83. The fourth-order valence-electron chi connectivity index (χ4n) is 3.22. The third-order valence-electron chi connectivity index (χ3n) is 4.86. The van der Waals surface area contributed by atoms with Crippen molar-refractivity contribution in [3.05, 3.63) is 46.4 Å². The molecule has 1 N–H and O–H groups in total. The van der Waals surface area contributed by atoms with Crippen LogP contribution in [-0.4, -0.2) is 35.7 Å². The summed E-state index contributed by atoms with van der Waals surface area (Å²) in [4.78, 5) is 31.7. The van der Waals surface area contributed by atoms with Crippen molar-refractivity contribution in [3.8, 4) is 5.75 Å². The van der Waals surface area contributed by atoms with Gasteiger partial charge < -0.3 is 15.0 Å². The first-order valence-electron chi connectivity index (χ1n) is 9.23. The summed E-state index contributed by atoms with van der Waals surface area (Å²) in [6.07, 6.45) is 2.11. The SMILES string of the molecule is COc1ccc(NC(=O)Cn2c(N3CCC(C)CC3)nc(C)cc2=O)cc1. The summed E-state index contributed by atoms with van der Waals surface area (Å²) in [7, 11) is 1.59. The van der Waals surface area contributed by atoms with E-state index >= 15 is 0 Å². The molecule has 1 aliphatic heterocycles. The lowest BCUT2D eigenvalue weighted by molar-refractivity contribution is -0.116. The van der Waals surface area contributed by atoms with Gasteiger partial charge in [-0.2, -0.15) is 0 Å². The highest BCUT2D eigenvalue weighted by Crippen LogP contribution is 2.21. The van der Waals surface area contributed by atoms with Crippen LogP contribution in [0, 0.1) is 12.8 Å². The van der Waals surface area contributed by atoms with Gasteiger partial charge in [-0.1, -0.05) is 6.92 Å². The Morgan fingerprint density at radius 1 is 1.26 bits per heavy atom. The first-order valence-corrected chi connectivity index (χ1v) is 9.23. The second kappa shape index (κ2) is 8.24. The summed E-state index contributed by atoms with van der Waals surface area (Å²) in [6, 6.07) is 8.54. The number of nitrogens with zero attached hydrogens (tertiary/aromatic N) is 3. The van der Waals surface area contributed by atoms with Gasteiger partial charge in [0.15, 0.2) is 0 Å². The number of anilines is 2. The molecule has 27 heavy (non-hydrogen) atoms. The standard InChI is InChI=1S/C20H26N4O3/c1-14-8-10-23(11-9-14)20-21-15(2)12-19(26)24(20)13-18(25)22-16-4-6-17(27-3)7-5-16/h4-7,12,14H,8-11,13H2,1-3H3,(H,22,25). The first-order chi connectivity index (χ1) is 13.0. The van der Waals surface area contributed by atoms with E-state index in [0.29, 0.717) is 29.0 Å². The van der Waals surface area contributed by atoms with Gasteiger partial charge in [0.25, 0.3) is 5.56 Å². The highest BCUT2D eigenvalue weighted by Gasteiger charge is 2.21. The Morgan fingerprint density at radius 2 is 1.93 bits per heavy atom. The summed E-state index contributed by atoms with van der Waals surface area (Å²) in [5.74, 6) is 1.70. The number of nitrogens with one attached hydrogen (secondary N) is 1.